The van der Waals surface area contributed by atoms with Crippen LogP contribution in [0.4, 0.5) is 5.69 Å². The van der Waals surface area contributed by atoms with Crippen LogP contribution in [0, 0.1) is 13.8 Å². The number of aryl methyl sites for hydroxylation is 2. The first-order valence-corrected chi connectivity index (χ1v) is 5.79. The van der Waals surface area contributed by atoms with Gasteiger partial charge in [0.2, 0.25) is 0 Å². The van der Waals surface area contributed by atoms with E-state index in [1.165, 1.54) is 10.4 Å². The van der Waals surface area contributed by atoms with E-state index in [1.54, 1.807) is 11.3 Å². The van der Waals surface area contributed by atoms with Gasteiger partial charge >= 0.3 is 0 Å². The first-order valence-electron chi connectivity index (χ1n) is 4.91. The standard InChI is InChI=1S/C12H14N2S/c1-8-3-4-10(5-11(8)13)6-12-9(2)14-7-15-12/h3-5,7H,6,13H2,1-2H3. The summed E-state index contributed by atoms with van der Waals surface area (Å²) in [5.41, 5.74) is 12.2. The Kier molecular flexibility index (Phi) is 2.73. The zero-order valence-electron chi connectivity index (χ0n) is 8.95. The zero-order chi connectivity index (χ0) is 10.8. The molecule has 0 saturated heterocycles. The highest BCUT2D eigenvalue weighted by Crippen LogP contribution is 2.20. The first kappa shape index (κ1) is 10.2. The number of benzene rings is 1. The summed E-state index contributed by atoms with van der Waals surface area (Å²) in [4.78, 5) is 5.56. The van der Waals surface area contributed by atoms with E-state index in [2.05, 4.69) is 23.2 Å². The third kappa shape index (κ3) is 2.18. The minimum Gasteiger partial charge on any atom is -0.399 e. The van der Waals surface area contributed by atoms with Gasteiger partial charge in [-0.05, 0) is 31.0 Å². The van der Waals surface area contributed by atoms with Crippen molar-refractivity contribution in [2.75, 3.05) is 5.73 Å². The summed E-state index contributed by atoms with van der Waals surface area (Å²) < 4.78 is 0. The molecule has 0 radical (unpaired) electrons. The molecule has 0 spiro atoms. The molecule has 0 amide bonds. The molecule has 0 aliphatic rings. The van der Waals surface area contributed by atoms with Crippen molar-refractivity contribution in [2.45, 2.75) is 20.3 Å². The smallest absolute Gasteiger partial charge is 0.0797 e. The average Bonchev–Trinajstić information content (AvgIpc) is 2.59. The lowest BCUT2D eigenvalue weighted by atomic mass is 10.1. The molecule has 1 aromatic carbocycles. The fraction of sp³-hybridized carbons (Fsp3) is 0.250. The lowest BCUT2D eigenvalue weighted by molar-refractivity contribution is 1.15. The van der Waals surface area contributed by atoms with Gasteiger partial charge < -0.3 is 5.73 Å². The molecule has 0 unspecified atom stereocenters. The molecule has 0 aliphatic carbocycles. The third-order valence-electron chi connectivity index (χ3n) is 2.55. The van der Waals surface area contributed by atoms with Crippen LogP contribution in [0.15, 0.2) is 23.7 Å². The Morgan fingerprint density at radius 1 is 1.33 bits per heavy atom. The minimum absolute atomic E-state index is 0.870. The van der Waals surface area contributed by atoms with E-state index >= 15 is 0 Å². The molecular formula is C12H14N2S. The predicted molar refractivity (Wildman–Crippen MR) is 65.2 cm³/mol. The maximum absolute atomic E-state index is 5.88. The van der Waals surface area contributed by atoms with Crippen LogP contribution < -0.4 is 5.73 Å². The maximum Gasteiger partial charge on any atom is 0.0797 e. The Hall–Kier alpha value is -1.35. The van der Waals surface area contributed by atoms with Gasteiger partial charge in [0.15, 0.2) is 0 Å². The van der Waals surface area contributed by atoms with Crippen LogP contribution in [-0.2, 0) is 6.42 Å². The number of hydrogen-bond donors (Lipinski definition) is 1. The minimum atomic E-state index is 0.870. The molecule has 0 saturated carbocycles. The molecule has 2 aromatic rings. The number of aromatic nitrogens is 1. The molecular weight excluding hydrogens is 204 g/mol. The number of rotatable bonds is 2. The highest BCUT2D eigenvalue weighted by molar-refractivity contribution is 7.09. The Morgan fingerprint density at radius 3 is 2.73 bits per heavy atom. The normalized spacial score (nSPS) is 10.5. The SMILES string of the molecule is Cc1ccc(Cc2scnc2C)cc1N. The van der Waals surface area contributed by atoms with Crippen LogP contribution in [0.1, 0.15) is 21.7 Å². The van der Waals surface area contributed by atoms with Crippen LogP contribution in [0.25, 0.3) is 0 Å². The van der Waals surface area contributed by atoms with E-state index in [9.17, 15) is 0 Å². The second-order valence-corrected chi connectivity index (χ2v) is 4.67. The lowest BCUT2D eigenvalue weighted by Crippen LogP contribution is -1.93. The zero-order valence-corrected chi connectivity index (χ0v) is 9.77. The molecule has 0 fully saturated rings. The number of anilines is 1. The van der Waals surface area contributed by atoms with Gasteiger partial charge in [0, 0.05) is 17.0 Å². The summed E-state index contributed by atoms with van der Waals surface area (Å²) in [5.74, 6) is 0. The van der Waals surface area contributed by atoms with Crippen molar-refractivity contribution < 1.29 is 0 Å². The third-order valence-corrected chi connectivity index (χ3v) is 3.49. The second kappa shape index (κ2) is 4.03. The molecule has 2 rings (SSSR count). The quantitative estimate of drug-likeness (QED) is 0.787. The Balaban J connectivity index is 2.25. The number of thiazole rings is 1. The van der Waals surface area contributed by atoms with Gasteiger partial charge in [0.25, 0.3) is 0 Å². The van der Waals surface area contributed by atoms with Gasteiger partial charge in [-0.2, -0.15) is 0 Å². The van der Waals surface area contributed by atoms with Gasteiger partial charge in [-0.25, -0.2) is 4.98 Å². The van der Waals surface area contributed by atoms with Gasteiger partial charge in [-0.1, -0.05) is 12.1 Å². The fourth-order valence-electron chi connectivity index (χ4n) is 1.48. The number of nitrogen functional groups attached to an aromatic ring is 1. The van der Waals surface area contributed by atoms with E-state index in [0.717, 1.165) is 23.4 Å². The summed E-state index contributed by atoms with van der Waals surface area (Å²) in [6.07, 6.45) is 0.932. The summed E-state index contributed by atoms with van der Waals surface area (Å²) in [5, 5.41) is 0. The topological polar surface area (TPSA) is 38.9 Å². The van der Waals surface area contributed by atoms with E-state index < -0.39 is 0 Å². The number of nitrogens with two attached hydrogens (primary N) is 1. The Bertz CT molecular complexity index is 474. The number of nitrogens with zero attached hydrogens (tertiary/aromatic N) is 1. The Morgan fingerprint density at radius 2 is 2.13 bits per heavy atom. The molecule has 2 nitrogen and oxygen atoms in total. The van der Waals surface area contributed by atoms with Crippen LogP contribution in [0.2, 0.25) is 0 Å². The molecule has 3 heteroatoms. The predicted octanol–water partition coefficient (Wildman–Crippen LogP) is 2.93. The summed E-state index contributed by atoms with van der Waals surface area (Å²) >= 11 is 1.70. The lowest BCUT2D eigenvalue weighted by Gasteiger charge is -2.04. The molecule has 1 aromatic heterocycles. The van der Waals surface area contributed by atoms with E-state index in [1.807, 2.05) is 19.4 Å². The highest BCUT2D eigenvalue weighted by atomic mass is 32.1. The molecule has 78 valence electrons. The molecule has 2 N–H and O–H groups in total. The van der Waals surface area contributed by atoms with Crippen molar-refractivity contribution in [1.29, 1.82) is 0 Å². The van der Waals surface area contributed by atoms with Gasteiger partial charge in [0.05, 0.1) is 11.2 Å². The summed E-state index contributed by atoms with van der Waals surface area (Å²) in [7, 11) is 0. The van der Waals surface area contributed by atoms with E-state index in [4.69, 9.17) is 5.73 Å². The van der Waals surface area contributed by atoms with E-state index in [-0.39, 0.29) is 0 Å². The molecule has 0 bridgehead atoms. The van der Waals surface area contributed by atoms with Crippen LogP contribution in [0.5, 0.6) is 0 Å². The van der Waals surface area contributed by atoms with Crippen LogP contribution >= 0.6 is 11.3 Å². The fourth-order valence-corrected chi connectivity index (χ4v) is 2.29. The van der Waals surface area contributed by atoms with Crippen molar-refractivity contribution in [2.24, 2.45) is 0 Å². The molecule has 0 atom stereocenters. The van der Waals surface area contributed by atoms with Crippen LogP contribution in [-0.4, -0.2) is 4.98 Å². The largest absolute Gasteiger partial charge is 0.399 e. The van der Waals surface area contributed by atoms with Crippen molar-refractivity contribution in [3.8, 4) is 0 Å². The molecule has 15 heavy (non-hydrogen) atoms. The van der Waals surface area contributed by atoms with Crippen LogP contribution in [0.3, 0.4) is 0 Å². The highest BCUT2D eigenvalue weighted by Gasteiger charge is 2.03. The second-order valence-electron chi connectivity index (χ2n) is 3.73. The van der Waals surface area contributed by atoms with Gasteiger partial charge in [0.1, 0.15) is 0 Å². The average molecular weight is 218 g/mol. The number of hydrogen-bond acceptors (Lipinski definition) is 3. The van der Waals surface area contributed by atoms with Crippen molar-refractivity contribution in [1.82, 2.24) is 4.98 Å². The van der Waals surface area contributed by atoms with E-state index in [0.29, 0.717) is 0 Å². The molecule has 0 aliphatic heterocycles. The first-order chi connectivity index (χ1) is 7.16. The summed E-state index contributed by atoms with van der Waals surface area (Å²) in [6.45, 7) is 4.07. The van der Waals surface area contributed by atoms with Crippen molar-refractivity contribution in [3.63, 3.8) is 0 Å². The molecule has 1 heterocycles. The van der Waals surface area contributed by atoms with Crippen molar-refractivity contribution >= 4 is 17.0 Å². The maximum atomic E-state index is 5.88. The van der Waals surface area contributed by atoms with Gasteiger partial charge in [-0.15, -0.1) is 11.3 Å². The Labute approximate surface area is 93.8 Å². The van der Waals surface area contributed by atoms with Crippen molar-refractivity contribution in [3.05, 3.63) is 45.4 Å². The summed E-state index contributed by atoms with van der Waals surface area (Å²) in [6, 6.07) is 6.25. The van der Waals surface area contributed by atoms with Gasteiger partial charge in [-0.3, -0.25) is 0 Å². The monoisotopic (exact) mass is 218 g/mol.